The van der Waals surface area contributed by atoms with E-state index in [1.165, 1.54) is 12.8 Å². The third-order valence-electron chi connectivity index (χ3n) is 5.06. The molecule has 0 saturated heterocycles. The SMILES string of the molecule is CCCCCCOc1ccc(C(=O)NC(=S)Nc2ccccc2C(=O)Nc2ccccc2)cc1. The van der Waals surface area contributed by atoms with Gasteiger partial charge in [-0.15, -0.1) is 0 Å². The first-order valence-corrected chi connectivity index (χ1v) is 11.8. The second-order valence-electron chi connectivity index (χ2n) is 7.71. The van der Waals surface area contributed by atoms with E-state index in [1.807, 2.05) is 30.3 Å². The number of nitrogens with one attached hydrogen (secondary N) is 3. The molecule has 0 heterocycles. The molecule has 0 fully saturated rings. The van der Waals surface area contributed by atoms with Gasteiger partial charge in [0.25, 0.3) is 11.8 Å². The standard InChI is InChI=1S/C27H29N3O3S/c1-2-3-4-10-19-33-22-17-15-20(16-18-22)25(31)30-27(34)29-24-14-9-8-13-23(24)26(32)28-21-11-6-5-7-12-21/h5-9,11-18H,2-4,10,19H2,1H3,(H,28,32)(H2,29,30,31,34). The van der Waals surface area contributed by atoms with Crippen LogP contribution in [0.4, 0.5) is 11.4 Å². The molecule has 3 rings (SSSR count). The molecule has 0 saturated carbocycles. The molecule has 3 aromatic carbocycles. The molecule has 0 unspecified atom stereocenters. The number of benzene rings is 3. The zero-order valence-corrected chi connectivity index (χ0v) is 20.0. The van der Waals surface area contributed by atoms with Gasteiger partial charge in [-0.1, -0.05) is 56.5 Å². The number of hydrogen-bond acceptors (Lipinski definition) is 4. The lowest BCUT2D eigenvalue weighted by atomic mass is 10.1. The zero-order valence-electron chi connectivity index (χ0n) is 19.2. The number of para-hydroxylation sites is 2. The first kappa shape index (κ1) is 24.9. The molecule has 0 aromatic heterocycles. The van der Waals surface area contributed by atoms with Gasteiger partial charge in [0.2, 0.25) is 0 Å². The van der Waals surface area contributed by atoms with Crippen LogP contribution in [-0.2, 0) is 0 Å². The second-order valence-corrected chi connectivity index (χ2v) is 8.12. The normalized spacial score (nSPS) is 10.3. The van der Waals surface area contributed by atoms with Crippen molar-refractivity contribution in [2.45, 2.75) is 32.6 Å². The van der Waals surface area contributed by atoms with Gasteiger partial charge in [-0.3, -0.25) is 14.9 Å². The van der Waals surface area contributed by atoms with Crippen molar-refractivity contribution in [1.29, 1.82) is 0 Å². The van der Waals surface area contributed by atoms with Crippen LogP contribution in [0.1, 0.15) is 53.3 Å². The minimum absolute atomic E-state index is 0.0983. The average Bonchev–Trinajstić information content (AvgIpc) is 2.85. The van der Waals surface area contributed by atoms with Crippen LogP contribution in [0.2, 0.25) is 0 Å². The number of anilines is 2. The predicted octanol–water partition coefficient (Wildman–Crippen LogP) is 6.02. The van der Waals surface area contributed by atoms with Gasteiger partial charge in [0.1, 0.15) is 5.75 Å². The van der Waals surface area contributed by atoms with Crippen LogP contribution in [-0.4, -0.2) is 23.5 Å². The fourth-order valence-electron chi connectivity index (χ4n) is 3.26. The molecule has 176 valence electrons. The van der Waals surface area contributed by atoms with Crippen molar-refractivity contribution < 1.29 is 14.3 Å². The quantitative estimate of drug-likeness (QED) is 0.247. The van der Waals surface area contributed by atoms with Crippen LogP contribution in [0.15, 0.2) is 78.9 Å². The van der Waals surface area contributed by atoms with E-state index in [0.29, 0.717) is 29.1 Å². The Labute approximate surface area is 205 Å². The number of carbonyl (C=O) groups excluding carboxylic acids is 2. The summed E-state index contributed by atoms with van der Waals surface area (Å²) in [5.41, 5.74) is 2.04. The van der Waals surface area contributed by atoms with Crippen LogP contribution in [0.3, 0.4) is 0 Å². The Balaban J connectivity index is 1.54. The lowest BCUT2D eigenvalue weighted by Gasteiger charge is -2.14. The van der Waals surface area contributed by atoms with Crippen molar-refractivity contribution >= 4 is 40.5 Å². The number of amides is 2. The fraction of sp³-hybridized carbons (Fsp3) is 0.222. The maximum Gasteiger partial charge on any atom is 0.257 e. The topological polar surface area (TPSA) is 79.5 Å². The van der Waals surface area contributed by atoms with Gasteiger partial charge in [0.15, 0.2) is 5.11 Å². The van der Waals surface area contributed by atoms with E-state index in [-0.39, 0.29) is 16.9 Å². The Bertz CT molecular complexity index is 1100. The van der Waals surface area contributed by atoms with E-state index in [4.69, 9.17) is 17.0 Å². The molecule has 0 bridgehead atoms. The lowest BCUT2D eigenvalue weighted by Crippen LogP contribution is -2.34. The molecule has 0 radical (unpaired) electrons. The van der Waals surface area contributed by atoms with Gasteiger partial charge in [-0.05, 0) is 67.2 Å². The molecular formula is C27H29N3O3S. The van der Waals surface area contributed by atoms with E-state index in [0.717, 1.165) is 18.6 Å². The van der Waals surface area contributed by atoms with Crippen molar-refractivity contribution in [2.75, 3.05) is 17.2 Å². The summed E-state index contributed by atoms with van der Waals surface area (Å²) < 4.78 is 5.72. The summed E-state index contributed by atoms with van der Waals surface area (Å²) in [4.78, 5) is 25.3. The summed E-state index contributed by atoms with van der Waals surface area (Å²) in [7, 11) is 0. The first-order valence-electron chi connectivity index (χ1n) is 11.4. The summed E-state index contributed by atoms with van der Waals surface area (Å²) in [6, 6.07) is 23.1. The molecule has 0 atom stereocenters. The average molecular weight is 476 g/mol. The molecule has 6 nitrogen and oxygen atoms in total. The van der Waals surface area contributed by atoms with E-state index < -0.39 is 0 Å². The van der Waals surface area contributed by atoms with Gasteiger partial charge in [0.05, 0.1) is 17.9 Å². The number of thiocarbonyl (C=S) groups is 1. The zero-order chi connectivity index (χ0) is 24.2. The second kappa shape index (κ2) is 13.1. The van der Waals surface area contributed by atoms with E-state index >= 15 is 0 Å². The highest BCUT2D eigenvalue weighted by Crippen LogP contribution is 2.18. The number of rotatable bonds is 10. The Morgan fingerprint density at radius 3 is 2.24 bits per heavy atom. The van der Waals surface area contributed by atoms with Gasteiger partial charge < -0.3 is 15.4 Å². The van der Waals surface area contributed by atoms with Gasteiger partial charge in [-0.2, -0.15) is 0 Å². The largest absolute Gasteiger partial charge is 0.494 e. The summed E-state index contributed by atoms with van der Waals surface area (Å²) in [6.45, 7) is 2.84. The molecular weight excluding hydrogens is 446 g/mol. The van der Waals surface area contributed by atoms with Crippen molar-refractivity contribution in [3.05, 3.63) is 90.0 Å². The highest BCUT2D eigenvalue weighted by atomic mass is 32.1. The van der Waals surface area contributed by atoms with Crippen molar-refractivity contribution in [2.24, 2.45) is 0 Å². The highest BCUT2D eigenvalue weighted by molar-refractivity contribution is 7.80. The lowest BCUT2D eigenvalue weighted by molar-refractivity contribution is 0.0976. The van der Waals surface area contributed by atoms with Crippen LogP contribution in [0.25, 0.3) is 0 Å². The first-order chi connectivity index (χ1) is 16.6. The Hall–Kier alpha value is -3.71. The highest BCUT2D eigenvalue weighted by Gasteiger charge is 2.14. The monoisotopic (exact) mass is 475 g/mol. The van der Waals surface area contributed by atoms with Gasteiger partial charge >= 0.3 is 0 Å². The third-order valence-corrected chi connectivity index (χ3v) is 5.27. The van der Waals surface area contributed by atoms with Gasteiger partial charge in [-0.25, -0.2) is 0 Å². The number of hydrogen-bond donors (Lipinski definition) is 3. The minimum atomic E-state index is -0.349. The van der Waals surface area contributed by atoms with E-state index in [2.05, 4.69) is 22.9 Å². The summed E-state index contributed by atoms with van der Waals surface area (Å²) in [5, 5.41) is 8.55. The maximum atomic E-state index is 12.7. The fourth-order valence-corrected chi connectivity index (χ4v) is 3.46. The van der Waals surface area contributed by atoms with Crippen LogP contribution >= 0.6 is 12.2 Å². The molecule has 3 aromatic rings. The molecule has 2 amide bonds. The Morgan fingerprint density at radius 1 is 0.794 bits per heavy atom. The number of ether oxygens (including phenoxy) is 1. The third kappa shape index (κ3) is 7.71. The van der Waals surface area contributed by atoms with Gasteiger partial charge in [0, 0.05) is 11.3 Å². The molecule has 34 heavy (non-hydrogen) atoms. The number of carbonyl (C=O) groups is 2. The molecule has 0 spiro atoms. The Morgan fingerprint density at radius 2 is 1.50 bits per heavy atom. The predicted molar refractivity (Wildman–Crippen MR) is 141 cm³/mol. The minimum Gasteiger partial charge on any atom is -0.494 e. The molecule has 0 aliphatic carbocycles. The Kier molecular flexibility index (Phi) is 9.61. The van der Waals surface area contributed by atoms with E-state index in [9.17, 15) is 9.59 Å². The summed E-state index contributed by atoms with van der Waals surface area (Å²) in [6.07, 6.45) is 4.56. The number of unbranched alkanes of at least 4 members (excludes halogenated alkanes) is 3. The van der Waals surface area contributed by atoms with Crippen LogP contribution < -0.4 is 20.7 Å². The summed E-state index contributed by atoms with van der Waals surface area (Å²) in [5.74, 6) is 0.0963. The molecule has 0 aliphatic rings. The van der Waals surface area contributed by atoms with Crippen LogP contribution in [0, 0.1) is 0 Å². The molecule has 7 heteroatoms. The maximum absolute atomic E-state index is 12.7. The van der Waals surface area contributed by atoms with E-state index in [1.54, 1.807) is 48.5 Å². The molecule has 0 aliphatic heterocycles. The van der Waals surface area contributed by atoms with Crippen molar-refractivity contribution in [3.63, 3.8) is 0 Å². The van der Waals surface area contributed by atoms with Crippen molar-refractivity contribution in [1.82, 2.24) is 5.32 Å². The van der Waals surface area contributed by atoms with Crippen molar-refractivity contribution in [3.8, 4) is 5.75 Å². The summed E-state index contributed by atoms with van der Waals surface area (Å²) >= 11 is 5.31. The smallest absolute Gasteiger partial charge is 0.257 e. The molecule has 3 N–H and O–H groups in total. The van der Waals surface area contributed by atoms with Crippen LogP contribution in [0.5, 0.6) is 5.75 Å².